The van der Waals surface area contributed by atoms with Crippen LogP contribution in [0, 0.1) is 12.7 Å². The molecule has 2 aromatic carbocycles. The molecule has 1 N–H and O–H groups in total. The van der Waals surface area contributed by atoms with Gasteiger partial charge < -0.3 is 5.11 Å². The van der Waals surface area contributed by atoms with E-state index >= 15 is 0 Å². The monoisotopic (exact) mass is 258 g/mol. The molecule has 0 amide bonds. The summed E-state index contributed by atoms with van der Waals surface area (Å²) in [4.78, 5) is 11.4. The zero-order valence-electron chi connectivity index (χ0n) is 10.6. The van der Waals surface area contributed by atoms with Crippen LogP contribution < -0.4 is 0 Å². The highest BCUT2D eigenvalue weighted by Crippen LogP contribution is 2.22. The molecule has 2 aromatic rings. The maximum Gasteiger partial charge on any atom is 0.311 e. The Morgan fingerprint density at radius 1 is 1.21 bits per heavy atom. The number of aryl methyl sites for hydroxylation is 1. The van der Waals surface area contributed by atoms with Gasteiger partial charge >= 0.3 is 5.97 Å². The second-order valence-corrected chi connectivity index (χ2v) is 4.64. The van der Waals surface area contributed by atoms with E-state index in [1.54, 1.807) is 0 Å². The topological polar surface area (TPSA) is 37.3 Å². The molecule has 0 fully saturated rings. The fourth-order valence-corrected chi connectivity index (χ4v) is 2.12. The molecule has 2 rings (SSSR count). The molecular formula is C16H15FO2. The van der Waals surface area contributed by atoms with Gasteiger partial charge in [-0.05, 0) is 36.6 Å². The van der Waals surface area contributed by atoms with Crippen LogP contribution in [0.15, 0.2) is 48.5 Å². The number of benzene rings is 2. The third kappa shape index (κ3) is 3.41. The highest BCUT2D eigenvalue weighted by Gasteiger charge is 2.20. The molecule has 0 spiro atoms. The lowest BCUT2D eigenvalue weighted by Gasteiger charge is -2.13. The third-order valence-corrected chi connectivity index (χ3v) is 3.09. The van der Waals surface area contributed by atoms with Gasteiger partial charge in [0.25, 0.3) is 0 Å². The van der Waals surface area contributed by atoms with Crippen molar-refractivity contribution in [1.29, 1.82) is 0 Å². The average Bonchev–Trinajstić information content (AvgIpc) is 2.37. The summed E-state index contributed by atoms with van der Waals surface area (Å²) in [5, 5.41) is 9.33. The first-order valence-corrected chi connectivity index (χ1v) is 6.10. The van der Waals surface area contributed by atoms with Gasteiger partial charge in [0, 0.05) is 0 Å². The van der Waals surface area contributed by atoms with Gasteiger partial charge in [0.1, 0.15) is 5.82 Å². The lowest BCUT2D eigenvalue weighted by molar-refractivity contribution is -0.138. The number of carboxylic acids is 1. The first-order valence-electron chi connectivity index (χ1n) is 6.10. The van der Waals surface area contributed by atoms with E-state index in [0.29, 0.717) is 12.0 Å². The van der Waals surface area contributed by atoms with E-state index in [9.17, 15) is 14.3 Å². The van der Waals surface area contributed by atoms with Crippen LogP contribution in [0.1, 0.15) is 22.6 Å². The van der Waals surface area contributed by atoms with E-state index in [-0.39, 0.29) is 5.82 Å². The van der Waals surface area contributed by atoms with Crippen LogP contribution in [0.2, 0.25) is 0 Å². The van der Waals surface area contributed by atoms with Gasteiger partial charge in [-0.25, -0.2) is 4.39 Å². The van der Waals surface area contributed by atoms with E-state index in [1.165, 1.54) is 24.3 Å². The minimum absolute atomic E-state index is 0.358. The minimum Gasteiger partial charge on any atom is -0.481 e. The van der Waals surface area contributed by atoms with Crippen molar-refractivity contribution < 1.29 is 14.3 Å². The fraction of sp³-hybridized carbons (Fsp3) is 0.188. The van der Waals surface area contributed by atoms with Gasteiger partial charge in [-0.3, -0.25) is 4.79 Å². The molecule has 0 bridgehead atoms. The van der Waals surface area contributed by atoms with Gasteiger partial charge in [-0.2, -0.15) is 0 Å². The van der Waals surface area contributed by atoms with Crippen LogP contribution in [-0.4, -0.2) is 11.1 Å². The fourth-order valence-electron chi connectivity index (χ4n) is 2.12. The van der Waals surface area contributed by atoms with Crippen molar-refractivity contribution in [3.63, 3.8) is 0 Å². The maximum atomic E-state index is 12.9. The average molecular weight is 258 g/mol. The first-order chi connectivity index (χ1) is 9.06. The number of hydrogen-bond donors (Lipinski definition) is 1. The second kappa shape index (κ2) is 5.65. The highest BCUT2D eigenvalue weighted by atomic mass is 19.1. The first kappa shape index (κ1) is 13.3. The van der Waals surface area contributed by atoms with Crippen molar-refractivity contribution >= 4 is 5.97 Å². The van der Waals surface area contributed by atoms with Crippen molar-refractivity contribution in [3.05, 3.63) is 71.0 Å². The number of rotatable bonds is 4. The van der Waals surface area contributed by atoms with Crippen LogP contribution in [0.3, 0.4) is 0 Å². The quantitative estimate of drug-likeness (QED) is 0.910. The van der Waals surface area contributed by atoms with Gasteiger partial charge in [-0.1, -0.05) is 42.0 Å². The Hall–Kier alpha value is -2.16. The molecule has 0 saturated heterocycles. The molecule has 0 heterocycles. The molecule has 1 unspecified atom stereocenters. The van der Waals surface area contributed by atoms with Crippen molar-refractivity contribution in [2.45, 2.75) is 19.3 Å². The smallest absolute Gasteiger partial charge is 0.311 e. The summed E-state index contributed by atoms with van der Waals surface area (Å²) >= 11 is 0. The molecule has 0 aliphatic carbocycles. The number of carboxylic acid groups (broad SMARTS) is 1. The summed E-state index contributed by atoms with van der Waals surface area (Å²) in [5.41, 5.74) is 2.69. The number of hydrogen-bond acceptors (Lipinski definition) is 1. The molecule has 0 aromatic heterocycles. The standard InChI is InChI=1S/C16H15FO2/c1-11-3-2-4-12(9-11)10-15(16(18)19)13-5-7-14(17)8-6-13/h2-9,15H,10H2,1H3,(H,18,19). The van der Waals surface area contributed by atoms with Crippen LogP contribution in [0.4, 0.5) is 4.39 Å². The van der Waals surface area contributed by atoms with Crippen LogP contribution in [-0.2, 0) is 11.2 Å². The van der Waals surface area contributed by atoms with E-state index in [2.05, 4.69) is 0 Å². The molecule has 0 aliphatic rings. The Morgan fingerprint density at radius 3 is 2.47 bits per heavy atom. The molecule has 0 radical (unpaired) electrons. The van der Waals surface area contributed by atoms with E-state index in [1.807, 2.05) is 31.2 Å². The molecule has 98 valence electrons. The van der Waals surface area contributed by atoms with Crippen LogP contribution in [0.25, 0.3) is 0 Å². The molecule has 3 heteroatoms. The molecule has 2 nitrogen and oxygen atoms in total. The van der Waals surface area contributed by atoms with Gasteiger partial charge in [-0.15, -0.1) is 0 Å². The molecule has 0 saturated carbocycles. The molecule has 0 aliphatic heterocycles. The second-order valence-electron chi connectivity index (χ2n) is 4.64. The summed E-state index contributed by atoms with van der Waals surface area (Å²) < 4.78 is 12.9. The molecule has 1 atom stereocenters. The Morgan fingerprint density at radius 2 is 1.89 bits per heavy atom. The lowest BCUT2D eigenvalue weighted by atomic mass is 9.91. The summed E-state index contributed by atoms with van der Waals surface area (Å²) in [6.07, 6.45) is 0.405. The zero-order chi connectivity index (χ0) is 13.8. The van der Waals surface area contributed by atoms with Gasteiger partial charge in [0.2, 0.25) is 0 Å². The van der Waals surface area contributed by atoms with Gasteiger partial charge in [0.05, 0.1) is 5.92 Å². The molecular weight excluding hydrogens is 243 g/mol. The Balaban J connectivity index is 2.26. The van der Waals surface area contributed by atoms with E-state index < -0.39 is 11.9 Å². The Labute approximate surface area is 111 Å². The van der Waals surface area contributed by atoms with Crippen molar-refractivity contribution in [1.82, 2.24) is 0 Å². The Kier molecular flexibility index (Phi) is 3.95. The maximum absolute atomic E-state index is 12.9. The minimum atomic E-state index is -0.895. The van der Waals surface area contributed by atoms with E-state index in [4.69, 9.17) is 0 Å². The van der Waals surface area contributed by atoms with E-state index in [0.717, 1.165) is 11.1 Å². The number of halogens is 1. The Bertz CT molecular complexity index is 576. The van der Waals surface area contributed by atoms with Crippen LogP contribution >= 0.6 is 0 Å². The van der Waals surface area contributed by atoms with Crippen LogP contribution in [0.5, 0.6) is 0 Å². The summed E-state index contributed by atoms with van der Waals surface area (Å²) in [5.74, 6) is -1.90. The highest BCUT2D eigenvalue weighted by molar-refractivity contribution is 5.76. The normalized spacial score (nSPS) is 12.1. The summed E-state index contributed by atoms with van der Waals surface area (Å²) in [6.45, 7) is 1.97. The summed E-state index contributed by atoms with van der Waals surface area (Å²) in [7, 11) is 0. The largest absolute Gasteiger partial charge is 0.481 e. The summed E-state index contributed by atoms with van der Waals surface area (Å²) in [6, 6.07) is 13.4. The van der Waals surface area contributed by atoms with Crippen molar-refractivity contribution in [2.75, 3.05) is 0 Å². The third-order valence-electron chi connectivity index (χ3n) is 3.09. The predicted molar refractivity (Wildman–Crippen MR) is 71.7 cm³/mol. The zero-order valence-corrected chi connectivity index (χ0v) is 10.6. The van der Waals surface area contributed by atoms with Crippen molar-refractivity contribution in [2.24, 2.45) is 0 Å². The number of carbonyl (C=O) groups is 1. The van der Waals surface area contributed by atoms with Gasteiger partial charge in [0.15, 0.2) is 0 Å². The molecule has 19 heavy (non-hydrogen) atoms. The lowest BCUT2D eigenvalue weighted by Crippen LogP contribution is -2.14. The van der Waals surface area contributed by atoms with Crippen molar-refractivity contribution in [3.8, 4) is 0 Å². The predicted octanol–water partition coefficient (Wildman–Crippen LogP) is 3.55. The SMILES string of the molecule is Cc1cccc(CC(C(=O)O)c2ccc(F)cc2)c1. The number of aliphatic carboxylic acids is 1.